The second kappa shape index (κ2) is 6.18. The second-order valence-corrected chi connectivity index (χ2v) is 4.55. The van der Waals surface area contributed by atoms with E-state index >= 15 is 0 Å². The molecule has 2 aromatic rings. The summed E-state index contributed by atoms with van der Waals surface area (Å²) in [5.41, 5.74) is 5.08. The van der Waals surface area contributed by atoms with Crippen LogP contribution in [0.5, 0.6) is 0 Å². The number of fused-ring (bicyclic) bond motifs is 1. The van der Waals surface area contributed by atoms with Gasteiger partial charge in [0.1, 0.15) is 5.71 Å². The number of hydrogen-bond acceptors (Lipinski definition) is 3. The summed E-state index contributed by atoms with van der Waals surface area (Å²) in [6.45, 7) is 4.45. The van der Waals surface area contributed by atoms with Crippen molar-refractivity contribution in [3.63, 3.8) is 0 Å². The van der Waals surface area contributed by atoms with Crippen LogP contribution in [0.25, 0.3) is 11.0 Å². The number of rotatable bonds is 4. The molecule has 0 radical (unpaired) electrons. The van der Waals surface area contributed by atoms with Gasteiger partial charge in [0.2, 0.25) is 0 Å². The zero-order valence-corrected chi connectivity index (χ0v) is 12.0. The number of aromatic nitrogens is 2. The van der Waals surface area contributed by atoms with Gasteiger partial charge in [0.15, 0.2) is 5.82 Å². The van der Waals surface area contributed by atoms with Crippen LogP contribution in [0, 0.1) is 0 Å². The Morgan fingerprint density at radius 2 is 2.15 bits per heavy atom. The molecule has 0 fully saturated rings. The maximum atomic E-state index is 11.4. The van der Waals surface area contributed by atoms with E-state index in [0.717, 1.165) is 23.3 Å². The summed E-state index contributed by atoms with van der Waals surface area (Å²) < 4.78 is 1.96. The van der Waals surface area contributed by atoms with Gasteiger partial charge in [-0.05, 0) is 25.5 Å². The number of imidazole rings is 1. The fourth-order valence-corrected chi connectivity index (χ4v) is 1.93. The van der Waals surface area contributed by atoms with Gasteiger partial charge < -0.3 is 9.88 Å². The lowest BCUT2D eigenvalue weighted by atomic mass is 10.3. The van der Waals surface area contributed by atoms with Crippen molar-refractivity contribution < 1.29 is 4.79 Å². The summed E-state index contributed by atoms with van der Waals surface area (Å²) >= 11 is 0. The molecule has 106 valence electrons. The van der Waals surface area contributed by atoms with Gasteiger partial charge in [-0.3, -0.25) is 0 Å². The van der Waals surface area contributed by atoms with Crippen molar-refractivity contribution in [1.82, 2.24) is 20.3 Å². The number of amides is 2. The number of hydrogen-bond donors (Lipinski definition) is 2. The highest BCUT2D eigenvalue weighted by Gasteiger charge is 2.10. The van der Waals surface area contributed by atoms with E-state index in [1.807, 2.05) is 49.7 Å². The minimum Gasteiger partial charge on any atom is -0.337 e. The molecule has 0 unspecified atom stereocenters. The Hall–Kier alpha value is -2.37. The lowest BCUT2D eigenvalue weighted by Crippen LogP contribution is -2.33. The van der Waals surface area contributed by atoms with E-state index in [2.05, 4.69) is 20.8 Å². The average Bonchev–Trinajstić information content (AvgIpc) is 2.80. The first kappa shape index (κ1) is 14.0. The van der Waals surface area contributed by atoms with Crippen LogP contribution < -0.4 is 10.7 Å². The maximum Gasteiger partial charge on any atom is 0.335 e. The Morgan fingerprint density at radius 1 is 1.40 bits per heavy atom. The summed E-state index contributed by atoms with van der Waals surface area (Å²) in [4.78, 5) is 16.0. The van der Waals surface area contributed by atoms with Crippen LogP contribution in [-0.4, -0.2) is 27.8 Å². The normalized spacial score (nSPS) is 11.7. The monoisotopic (exact) mass is 273 g/mol. The van der Waals surface area contributed by atoms with E-state index in [1.165, 1.54) is 0 Å². The average molecular weight is 273 g/mol. The zero-order valence-electron chi connectivity index (χ0n) is 12.0. The molecule has 1 heterocycles. The predicted molar refractivity (Wildman–Crippen MR) is 79.8 cm³/mol. The molecule has 0 aliphatic heterocycles. The van der Waals surface area contributed by atoms with Crippen molar-refractivity contribution in [2.45, 2.75) is 20.3 Å². The summed E-state index contributed by atoms with van der Waals surface area (Å²) in [7, 11) is 1.93. The topological polar surface area (TPSA) is 71.3 Å². The number of aryl methyl sites for hydroxylation is 1. The molecule has 6 nitrogen and oxygen atoms in total. The molecular formula is C14H19N5O. The molecule has 2 rings (SSSR count). The standard InChI is InChI=1S/C14H19N5O/c1-4-9-15-14(20)18-17-10(2)13-16-11-7-5-6-8-12(11)19(13)3/h5-8H,4,9H2,1-3H3,(H2,15,18,20). The highest BCUT2D eigenvalue weighted by molar-refractivity contribution is 5.99. The Balaban J connectivity index is 2.16. The highest BCUT2D eigenvalue weighted by Crippen LogP contribution is 2.14. The molecule has 0 bridgehead atoms. The smallest absolute Gasteiger partial charge is 0.335 e. The molecule has 0 aliphatic rings. The third-order valence-electron chi connectivity index (χ3n) is 2.97. The number of nitrogens with one attached hydrogen (secondary N) is 2. The molecule has 0 atom stereocenters. The maximum absolute atomic E-state index is 11.4. The molecule has 2 amide bonds. The fourth-order valence-electron chi connectivity index (χ4n) is 1.93. The van der Waals surface area contributed by atoms with Gasteiger partial charge in [0, 0.05) is 13.6 Å². The minimum absolute atomic E-state index is 0.301. The van der Waals surface area contributed by atoms with Gasteiger partial charge in [-0.25, -0.2) is 15.2 Å². The molecule has 0 saturated carbocycles. The van der Waals surface area contributed by atoms with Crippen LogP contribution >= 0.6 is 0 Å². The molecule has 0 spiro atoms. The molecule has 0 saturated heterocycles. The highest BCUT2D eigenvalue weighted by atomic mass is 16.2. The van der Waals surface area contributed by atoms with Crippen LogP contribution in [0.2, 0.25) is 0 Å². The van der Waals surface area contributed by atoms with Crippen molar-refractivity contribution in [1.29, 1.82) is 0 Å². The van der Waals surface area contributed by atoms with E-state index in [1.54, 1.807) is 0 Å². The van der Waals surface area contributed by atoms with Crippen LogP contribution in [0.1, 0.15) is 26.1 Å². The van der Waals surface area contributed by atoms with E-state index in [9.17, 15) is 4.79 Å². The van der Waals surface area contributed by atoms with E-state index in [-0.39, 0.29) is 6.03 Å². The number of carbonyl (C=O) groups is 1. The number of nitrogens with zero attached hydrogens (tertiary/aromatic N) is 3. The van der Waals surface area contributed by atoms with Crippen LogP contribution in [-0.2, 0) is 7.05 Å². The molecule has 0 aliphatic carbocycles. The molecule has 6 heteroatoms. The Labute approximate surface area is 117 Å². The SMILES string of the molecule is CCCNC(=O)NN=C(C)c1nc2ccccc2n1C. The molecule has 20 heavy (non-hydrogen) atoms. The van der Waals surface area contributed by atoms with Crippen LogP contribution in [0.3, 0.4) is 0 Å². The number of hydrazone groups is 1. The summed E-state index contributed by atoms with van der Waals surface area (Å²) in [6, 6.07) is 7.57. The Bertz CT molecular complexity index is 644. The van der Waals surface area contributed by atoms with Crippen molar-refractivity contribution in [3.05, 3.63) is 30.1 Å². The van der Waals surface area contributed by atoms with Gasteiger partial charge in [-0.1, -0.05) is 19.1 Å². The molecule has 1 aromatic heterocycles. The van der Waals surface area contributed by atoms with Gasteiger partial charge in [0.05, 0.1) is 11.0 Å². The van der Waals surface area contributed by atoms with E-state index in [4.69, 9.17) is 0 Å². The second-order valence-electron chi connectivity index (χ2n) is 4.55. The largest absolute Gasteiger partial charge is 0.337 e. The van der Waals surface area contributed by atoms with Gasteiger partial charge >= 0.3 is 6.03 Å². The van der Waals surface area contributed by atoms with Crippen molar-refractivity contribution >= 4 is 22.8 Å². The van der Waals surface area contributed by atoms with E-state index in [0.29, 0.717) is 12.3 Å². The summed E-state index contributed by atoms with van der Waals surface area (Å²) in [5, 5.41) is 6.77. The van der Waals surface area contributed by atoms with E-state index < -0.39 is 0 Å². The fraction of sp³-hybridized carbons (Fsp3) is 0.357. The number of benzene rings is 1. The summed E-state index contributed by atoms with van der Waals surface area (Å²) in [5.74, 6) is 0.738. The van der Waals surface area contributed by atoms with Crippen molar-refractivity contribution in [2.75, 3.05) is 6.54 Å². The molecule has 2 N–H and O–H groups in total. The van der Waals surface area contributed by atoms with Gasteiger partial charge in [0.25, 0.3) is 0 Å². The zero-order chi connectivity index (χ0) is 14.5. The van der Waals surface area contributed by atoms with Crippen molar-refractivity contribution in [2.24, 2.45) is 12.1 Å². The van der Waals surface area contributed by atoms with Gasteiger partial charge in [-0.15, -0.1) is 0 Å². The summed E-state index contributed by atoms with van der Waals surface area (Å²) in [6.07, 6.45) is 0.890. The van der Waals surface area contributed by atoms with Crippen LogP contribution in [0.4, 0.5) is 4.79 Å². The van der Waals surface area contributed by atoms with Crippen LogP contribution in [0.15, 0.2) is 29.4 Å². The Morgan fingerprint density at radius 3 is 2.85 bits per heavy atom. The quantitative estimate of drug-likeness (QED) is 0.660. The lowest BCUT2D eigenvalue weighted by Gasteiger charge is -2.04. The first-order valence-electron chi connectivity index (χ1n) is 6.63. The van der Waals surface area contributed by atoms with Gasteiger partial charge in [-0.2, -0.15) is 5.10 Å². The molecular weight excluding hydrogens is 254 g/mol. The predicted octanol–water partition coefficient (Wildman–Crippen LogP) is 2.01. The lowest BCUT2D eigenvalue weighted by molar-refractivity contribution is 0.241. The molecule has 1 aromatic carbocycles. The number of carbonyl (C=O) groups excluding carboxylic acids is 1. The number of para-hydroxylation sites is 2. The number of urea groups is 1. The third-order valence-corrected chi connectivity index (χ3v) is 2.97. The Kier molecular flexibility index (Phi) is 4.34. The third kappa shape index (κ3) is 2.96. The minimum atomic E-state index is -0.301. The first-order valence-corrected chi connectivity index (χ1v) is 6.63. The first-order chi connectivity index (χ1) is 9.63. The van der Waals surface area contributed by atoms with Crippen molar-refractivity contribution in [3.8, 4) is 0 Å².